The number of anilines is 2. The van der Waals surface area contributed by atoms with Gasteiger partial charge in [-0.25, -0.2) is 4.79 Å². The molecule has 1 aromatic heterocycles. The Labute approximate surface area is 178 Å². The zero-order valence-electron chi connectivity index (χ0n) is 15.8. The molecule has 2 N–H and O–H groups in total. The molecule has 0 aliphatic rings. The van der Waals surface area contributed by atoms with E-state index in [1.807, 2.05) is 38.4 Å². The Morgan fingerprint density at radius 1 is 1.39 bits per heavy atom. The third-order valence-corrected chi connectivity index (χ3v) is 5.67. The summed E-state index contributed by atoms with van der Waals surface area (Å²) in [5.41, 5.74) is 5.58. The fourth-order valence-electron chi connectivity index (χ4n) is 2.26. The molecule has 0 saturated carbocycles. The van der Waals surface area contributed by atoms with Crippen LogP contribution < -0.4 is 15.0 Å². The summed E-state index contributed by atoms with van der Waals surface area (Å²) >= 11 is 8.26. The molecule has 0 aliphatic heterocycles. The summed E-state index contributed by atoms with van der Waals surface area (Å²) in [4.78, 5) is 11.3. The monoisotopic (exact) mass is 434 g/mol. The van der Waals surface area contributed by atoms with Gasteiger partial charge in [0.25, 0.3) is 0 Å². The number of thiophene rings is 1. The van der Waals surface area contributed by atoms with Crippen LogP contribution in [0.15, 0.2) is 51.1 Å². The van der Waals surface area contributed by atoms with Gasteiger partial charge in [-0.2, -0.15) is 5.10 Å². The molecule has 0 spiro atoms. The first kappa shape index (κ1) is 21.9. The van der Waals surface area contributed by atoms with Gasteiger partial charge in [0.2, 0.25) is 4.99 Å². The molecule has 2 aromatic rings. The van der Waals surface area contributed by atoms with E-state index in [4.69, 9.17) is 17.0 Å². The van der Waals surface area contributed by atoms with Gasteiger partial charge in [-0.3, -0.25) is 5.43 Å². The molecule has 2 rings (SSSR count). The Morgan fingerprint density at radius 3 is 2.89 bits per heavy atom. The van der Waals surface area contributed by atoms with E-state index in [2.05, 4.69) is 37.7 Å². The molecule has 0 aliphatic carbocycles. The highest BCUT2D eigenvalue weighted by atomic mass is 32.2. The second-order valence-electron chi connectivity index (χ2n) is 5.31. The predicted molar refractivity (Wildman–Crippen MR) is 124 cm³/mol. The average molecular weight is 435 g/mol. The van der Waals surface area contributed by atoms with Gasteiger partial charge in [-0.05, 0) is 48.0 Å². The number of benzene rings is 1. The van der Waals surface area contributed by atoms with E-state index in [0.717, 1.165) is 16.9 Å². The lowest BCUT2D eigenvalue weighted by Gasteiger charge is -2.21. The number of carbonyl (C=O) groups excluding carboxylic acids is 1. The first-order valence-corrected chi connectivity index (χ1v) is 10.6. The van der Waals surface area contributed by atoms with Crippen LogP contribution in [0.3, 0.4) is 0 Å². The Kier molecular flexibility index (Phi) is 8.99. The van der Waals surface area contributed by atoms with Crippen molar-refractivity contribution < 1.29 is 9.53 Å². The number of nitrogens with zero attached hydrogens (tertiary/aromatic N) is 2. The first-order chi connectivity index (χ1) is 13.6. The molecule has 9 heteroatoms. The van der Waals surface area contributed by atoms with Gasteiger partial charge in [0.15, 0.2) is 0 Å². The number of nitrogens with one attached hydrogen (secondary N) is 2. The van der Waals surface area contributed by atoms with Crippen molar-refractivity contribution >= 4 is 70.1 Å². The maximum absolute atomic E-state index is 11.4. The van der Waals surface area contributed by atoms with E-state index in [1.165, 1.54) is 10.4 Å². The molecule has 0 radical (unpaired) electrons. The molecule has 0 amide bonds. The Morgan fingerprint density at radius 2 is 2.21 bits per heavy atom. The smallest absolute Gasteiger partial charge is 0.367 e. The van der Waals surface area contributed by atoms with Crippen LogP contribution in [0.4, 0.5) is 11.4 Å². The van der Waals surface area contributed by atoms with E-state index in [0.29, 0.717) is 0 Å². The molecule has 0 fully saturated rings. The van der Waals surface area contributed by atoms with Gasteiger partial charge in [0.1, 0.15) is 0 Å². The van der Waals surface area contributed by atoms with E-state index < -0.39 is 5.97 Å². The lowest BCUT2D eigenvalue weighted by Crippen LogP contribution is -2.26. The molecule has 0 saturated heterocycles. The lowest BCUT2D eigenvalue weighted by atomic mass is 10.1. The second-order valence-corrected chi connectivity index (χ2v) is 8.10. The topological polar surface area (TPSA) is 66.0 Å². The van der Waals surface area contributed by atoms with E-state index in [-0.39, 0.29) is 11.6 Å². The van der Waals surface area contributed by atoms with Crippen LogP contribution in [0.5, 0.6) is 0 Å². The summed E-state index contributed by atoms with van der Waals surface area (Å²) in [7, 11) is 3.93. The number of hydrogen-bond donors (Lipinski definition) is 2. The Bertz CT molecular complexity index is 851. The number of thiocarbonyl (C=S) groups is 1. The Hall–Kier alpha value is -2.36. The van der Waals surface area contributed by atoms with Gasteiger partial charge in [0, 0.05) is 20.3 Å². The molecule has 0 atom stereocenters. The van der Waals surface area contributed by atoms with Crippen LogP contribution in [0.25, 0.3) is 6.08 Å². The normalized spacial score (nSPS) is 11.0. The van der Waals surface area contributed by atoms with Crippen LogP contribution in [-0.4, -0.2) is 37.9 Å². The number of hydrogen-bond acceptors (Lipinski definition) is 8. The fraction of sp³-hybridized carbons (Fsp3) is 0.211. The van der Waals surface area contributed by atoms with Crippen molar-refractivity contribution in [1.82, 2.24) is 5.43 Å². The minimum Gasteiger partial charge on any atom is -0.461 e. The number of hydrazone groups is 1. The van der Waals surface area contributed by atoms with Gasteiger partial charge < -0.3 is 14.4 Å². The summed E-state index contributed by atoms with van der Waals surface area (Å²) in [6.45, 7) is 1.99. The second kappa shape index (κ2) is 11.5. The third-order valence-electron chi connectivity index (χ3n) is 3.45. The maximum atomic E-state index is 11.4. The molecule has 28 heavy (non-hydrogen) atoms. The number of ether oxygens (including phenoxy) is 1. The van der Waals surface area contributed by atoms with Crippen molar-refractivity contribution in [2.45, 2.75) is 11.1 Å². The third kappa shape index (κ3) is 6.36. The molecule has 1 aromatic carbocycles. The molecular formula is C19H22N4O2S3. The summed E-state index contributed by atoms with van der Waals surface area (Å²) in [6.07, 6.45) is 5.23. The van der Waals surface area contributed by atoms with Crippen LogP contribution in [-0.2, 0) is 9.53 Å². The van der Waals surface area contributed by atoms with Crippen molar-refractivity contribution in [2.24, 2.45) is 5.10 Å². The zero-order valence-corrected chi connectivity index (χ0v) is 18.3. The van der Waals surface area contributed by atoms with E-state index >= 15 is 0 Å². The molecule has 148 valence electrons. The van der Waals surface area contributed by atoms with Crippen molar-refractivity contribution in [2.75, 3.05) is 30.3 Å². The predicted octanol–water partition coefficient (Wildman–Crippen LogP) is 4.41. The molecule has 6 nitrogen and oxygen atoms in total. The first-order valence-electron chi connectivity index (χ1n) is 8.49. The highest BCUT2D eigenvalue weighted by Gasteiger charge is 2.11. The fourth-order valence-corrected chi connectivity index (χ4v) is 4.15. The van der Waals surface area contributed by atoms with Crippen LogP contribution >= 0.6 is 35.5 Å². The van der Waals surface area contributed by atoms with Crippen LogP contribution in [0, 0.1) is 0 Å². The van der Waals surface area contributed by atoms with Crippen molar-refractivity contribution in [1.29, 1.82) is 0 Å². The number of esters is 1. The van der Waals surface area contributed by atoms with Crippen LogP contribution in [0.1, 0.15) is 12.5 Å². The van der Waals surface area contributed by atoms with Gasteiger partial charge >= 0.3 is 5.97 Å². The minimum absolute atomic E-state index is 0.0726. The SMILES string of the molecule is CCOC(=O)C(=S)N/N=C/C=C/c1cccc(N(C)Sc2cccs2)c1NC. The minimum atomic E-state index is -0.588. The largest absolute Gasteiger partial charge is 0.461 e. The lowest BCUT2D eigenvalue weighted by molar-refractivity contribution is -0.135. The quantitative estimate of drug-likeness (QED) is 0.210. The van der Waals surface area contributed by atoms with Crippen molar-refractivity contribution in [3.8, 4) is 0 Å². The van der Waals surface area contributed by atoms with E-state index in [9.17, 15) is 4.79 Å². The molecular weight excluding hydrogens is 412 g/mol. The molecule has 0 unspecified atom stereocenters. The summed E-state index contributed by atoms with van der Waals surface area (Å²) in [5.74, 6) is -0.588. The van der Waals surface area contributed by atoms with E-state index in [1.54, 1.807) is 36.3 Å². The zero-order chi connectivity index (χ0) is 20.4. The molecule has 0 bridgehead atoms. The maximum Gasteiger partial charge on any atom is 0.367 e. The number of rotatable bonds is 8. The van der Waals surface area contributed by atoms with Crippen LogP contribution in [0.2, 0.25) is 0 Å². The number of para-hydroxylation sites is 1. The highest BCUT2D eigenvalue weighted by molar-refractivity contribution is 8.02. The highest BCUT2D eigenvalue weighted by Crippen LogP contribution is 2.36. The van der Waals surface area contributed by atoms with Crippen molar-refractivity contribution in [3.05, 3.63) is 47.4 Å². The summed E-state index contributed by atoms with van der Waals surface area (Å²) in [5, 5.41) is 9.25. The standard InChI is InChI=1S/C19H22N4O2S3/c1-4-25-19(24)18(26)22-21-12-6-9-14-8-5-10-15(17(14)20-2)23(3)28-16-11-7-13-27-16/h5-13,20H,4H2,1-3H3,(H,22,26)/b9-6+,21-12+. The number of allylic oxidation sites excluding steroid dienone is 1. The summed E-state index contributed by atoms with van der Waals surface area (Å²) < 4.78 is 8.14. The van der Waals surface area contributed by atoms with Gasteiger partial charge in [-0.1, -0.05) is 36.5 Å². The van der Waals surface area contributed by atoms with Crippen molar-refractivity contribution in [3.63, 3.8) is 0 Å². The molecule has 1 heterocycles. The Balaban J connectivity index is 2.05. The average Bonchev–Trinajstić information content (AvgIpc) is 3.20. The summed E-state index contributed by atoms with van der Waals surface area (Å²) in [6, 6.07) is 10.2. The van der Waals surface area contributed by atoms with Gasteiger partial charge in [0.05, 0.1) is 22.2 Å². The van der Waals surface area contributed by atoms with Gasteiger partial charge in [-0.15, -0.1) is 11.3 Å². The number of carbonyl (C=O) groups is 1.